The third-order valence-electron chi connectivity index (χ3n) is 3.54. The predicted molar refractivity (Wildman–Crippen MR) is 96.6 cm³/mol. The van der Waals surface area contributed by atoms with Gasteiger partial charge in [-0.25, -0.2) is 13.1 Å². The van der Waals surface area contributed by atoms with Gasteiger partial charge in [-0.05, 0) is 30.3 Å². The van der Waals surface area contributed by atoms with Crippen LogP contribution in [0.1, 0.15) is 5.89 Å². The van der Waals surface area contributed by atoms with Crippen molar-refractivity contribution in [1.29, 1.82) is 0 Å². The van der Waals surface area contributed by atoms with E-state index in [1.165, 1.54) is 12.1 Å². The van der Waals surface area contributed by atoms with Crippen molar-refractivity contribution in [3.63, 3.8) is 0 Å². The second-order valence-corrected chi connectivity index (χ2v) is 7.51. The van der Waals surface area contributed by atoms with Crippen LogP contribution in [0.3, 0.4) is 0 Å². The van der Waals surface area contributed by atoms with Gasteiger partial charge in [-0.1, -0.05) is 29.8 Å². The van der Waals surface area contributed by atoms with Crippen molar-refractivity contribution in [3.05, 3.63) is 59.4 Å². The van der Waals surface area contributed by atoms with Gasteiger partial charge >= 0.3 is 0 Å². The average molecular weight is 394 g/mol. The minimum Gasteiger partial charge on any atom is -0.496 e. The maximum absolute atomic E-state index is 12.2. The number of benzene rings is 2. The van der Waals surface area contributed by atoms with Crippen molar-refractivity contribution >= 4 is 21.6 Å². The summed E-state index contributed by atoms with van der Waals surface area (Å²) in [5, 5.41) is 8.29. The number of sulfonamides is 1. The van der Waals surface area contributed by atoms with Crippen LogP contribution < -0.4 is 9.46 Å². The third kappa shape index (κ3) is 4.21. The van der Waals surface area contributed by atoms with Gasteiger partial charge in [0, 0.05) is 18.0 Å². The zero-order valence-corrected chi connectivity index (χ0v) is 15.4. The van der Waals surface area contributed by atoms with Crippen LogP contribution >= 0.6 is 11.6 Å². The van der Waals surface area contributed by atoms with Crippen LogP contribution in [-0.4, -0.2) is 32.3 Å². The molecule has 0 aliphatic rings. The van der Waals surface area contributed by atoms with E-state index in [1.54, 1.807) is 31.4 Å². The Bertz CT molecular complexity index is 1000. The lowest BCUT2D eigenvalue weighted by molar-refractivity contribution is 0.413. The molecule has 0 amide bonds. The number of hydrogen-bond donors (Lipinski definition) is 1. The number of rotatable bonds is 7. The molecule has 0 saturated carbocycles. The molecule has 0 aliphatic heterocycles. The maximum atomic E-state index is 12.2. The fourth-order valence-corrected chi connectivity index (χ4v) is 3.63. The molecule has 7 nitrogen and oxygen atoms in total. The molecule has 3 rings (SSSR count). The lowest BCUT2D eigenvalue weighted by Gasteiger charge is -2.05. The van der Waals surface area contributed by atoms with Crippen molar-refractivity contribution in [3.8, 4) is 17.2 Å². The number of methoxy groups -OCH3 is 1. The molecule has 26 heavy (non-hydrogen) atoms. The molecular formula is C17H16ClN3O4S. The number of nitrogens with one attached hydrogen (secondary N) is 1. The summed E-state index contributed by atoms with van der Waals surface area (Å²) < 4.78 is 37.8. The molecular weight excluding hydrogens is 378 g/mol. The SMILES string of the molecule is COc1ccccc1-c1nnc(CCNS(=O)(=O)c2cccc(Cl)c2)o1. The van der Waals surface area contributed by atoms with Crippen molar-refractivity contribution in [1.82, 2.24) is 14.9 Å². The molecule has 0 spiro atoms. The molecule has 0 saturated heterocycles. The molecule has 0 unspecified atom stereocenters. The van der Waals surface area contributed by atoms with E-state index >= 15 is 0 Å². The van der Waals surface area contributed by atoms with E-state index in [0.29, 0.717) is 28.1 Å². The highest BCUT2D eigenvalue weighted by Crippen LogP contribution is 2.28. The molecule has 9 heteroatoms. The highest BCUT2D eigenvalue weighted by molar-refractivity contribution is 7.89. The minimum absolute atomic E-state index is 0.102. The van der Waals surface area contributed by atoms with Crippen LogP contribution in [0.25, 0.3) is 11.5 Å². The van der Waals surface area contributed by atoms with Gasteiger partial charge in [0.2, 0.25) is 15.9 Å². The smallest absolute Gasteiger partial charge is 0.251 e. The predicted octanol–water partition coefficient (Wildman–Crippen LogP) is 2.92. The first-order valence-corrected chi connectivity index (χ1v) is 9.57. The Balaban J connectivity index is 1.65. The number of ether oxygens (including phenoxy) is 1. The summed E-state index contributed by atoms with van der Waals surface area (Å²) in [5.74, 6) is 1.25. The Morgan fingerprint density at radius 3 is 2.73 bits per heavy atom. The number of para-hydroxylation sites is 1. The van der Waals surface area contributed by atoms with Crippen LogP contribution in [0.15, 0.2) is 57.8 Å². The molecule has 0 aliphatic carbocycles. The summed E-state index contributed by atoms with van der Waals surface area (Å²) in [6.07, 6.45) is 0.252. The van der Waals surface area contributed by atoms with Crippen molar-refractivity contribution < 1.29 is 17.6 Å². The van der Waals surface area contributed by atoms with E-state index in [9.17, 15) is 8.42 Å². The Hall–Kier alpha value is -2.42. The van der Waals surface area contributed by atoms with Gasteiger partial charge < -0.3 is 9.15 Å². The highest BCUT2D eigenvalue weighted by atomic mass is 35.5. The summed E-state index contributed by atoms with van der Waals surface area (Å²) in [4.78, 5) is 0.102. The monoisotopic (exact) mass is 393 g/mol. The number of aromatic nitrogens is 2. The van der Waals surface area contributed by atoms with Gasteiger partial charge in [0.15, 0.2) is 0 Å². The fourth-order valence-electron chi connectivity index (χ4n) is 2.29. The van der Waals surface area contributed by atoms with Crippen molar-refractivity contribution in [2.24, 2.45) is 0 Å². The summed E-state index contributed by atoms with van der Waals surface area (Å²) in [6.45, 7) is 0.113. The van der Waals surface area contributed by atoms with Gasteiger partial charge in [0.1, 0.15) is 5.75 Å². The second-order valence-electron chi connectivity index (χ2n) is 5.31. The van der Waals surface area contributed by atoms with E-state index in [-0.39, 0.29) is 17.9 Å². The zero-order chi connectivity index (χ0) is 18.6. The first-order chi connectivity index (χ1) is 12.5. The molecule has 0 atom stereocenters. The third-order valence-corrected chi connectivity index (χ3v) is 5.24. The van der Waals surface area contributed by atoms with Crippen LogP contribution in [0.5, 0.6) is 5.75 Å². The van der Waals surface area contributed by atoms with E-state index < -0.39 is 10.0 Å². The first kappa shape index (κ1) is 18.4. The topological polar surface area (TPSA) is 94.3 Å². The molecule has 2 aromatic carbocycles. The Morgan fingerprint density at radius 2 is 1.96 bits per heavy atom. The van der Waals surface area contributed by atoms with E-state index in [0.717, 1.165) is 0 Å². The van der Waals surface area contributed by atoms with Gasteiger partial charge in [0.25, 0.3) is 5.89 Å². The number of nitrogens with zero attached hydrogens (tertiary/aromatic N) is 2. The lowest BCUT2D eigenvalue weighted by atomic mass is 10.2. The molecule has 1 N–H and O–H groups in total. The van der Waals surface area contributed by atoms with Gasteiger partial charge in [-0.3, -0.25) is 0 Å². The normalized spacial score (nSPS) is 11.5. The minimum atomic E-state index is -3.65. The number of halogens is 1. The van der Waals surface area contributed by atoms with E-state index in [4.69, 9.17) is 20.8 Å². The summed E-state index contributed by atoms with van der Waals surface area (Å²) in [7, 11) is -2.10. The van der Waals surface area contributed by atoms with Crippen molar-refractivity contribution in [2.75, 3.05) is 13.7 Å². The van der Waals surface area contributed by atoms with Crippen LogP contribution in [0.4, 0.5) is 0 Å². The van der Waals surface area contributed by atoms with Crippen molar-refractivity contribution in [2.45, 2.75) is 11.3 Å². The summed E-state index contributed by atoms with van der Waals surface area (Å²) in [6, 6.07) is 13.3. The molecule has 0 radical (unpaired) electrons. The Morgan fingerprint density at radius 1 is 1.15 bits per heavy atom. The van der Waals surface area contributed by atoms with E-state index in [2.05, 4.69) is 14.9 Å². The quantitative estimate of drug-likeness (QED) is 0.663. The molecule has 0 fully saturated rings. The number of hydrogen-bond acceptors (Lipinski definition) is 6. The largest absolute Gasteiger partial charge is 0.496 e. The lowest BCUT2D eigenvalue weighted by Crippen LogP contribution is -2.26. The molecule has 1 aromatic heterocycles. The highest BCUT2D eigenvalue weighted by Gasteiger charge is 2.16. The van der Waals surface area contributed by atoms with Crippen LogP contribution in [-0.2, 0) is 16.4 Å². The van der Waals surface area contributed by atoms with Crippen LogP contribution in [0.2, 0.25) is 5.02 Å². The molecule has 3 aromatic rings. The molecule has 0 bridgehead atoms. The van der Waals surface area contributed by atoms with Gasteiger partial charge in [0.05, 0.1) is 17.6 Å². The maximum Gasteiger partial charge on any atom is 0.251 e. The average Bonchev–Trinajstić information content (AvgIpc) is 3.10. The van der Waals surface area contributed by atoms with Gasteiger partial charge in [-0.2, -0.15) is 0 Å². The molecule has 136 valence electrons. The first-order valence-electron chi connectivity index (χ1n) is 7.70. The second kappa shape index (κ2) is 7.86. The van der Waals surface area contributed by atoms with Crippen LogP contribution in [0, 0.1) is 0 Å². The zero-order valence-electron chi connectivity index (χ0n) is 13.8. The Labute approximate surface area is 156 Å². The Kier molecular flexibility index (Phi) is 5.55. The van der Waals surface area contributed by atoms with E-state index in [1.807, 2.05) is 12.1 Å². The molecule has 1 heterocycles. The summed E-state index contributed by atoms with van der Waals surface area (Å²) >= 11 is 5.83. The standard InChI is InChI=1S/C17H16ClN3O4S/c1-24-15-8-3-2-7-14(15)17-21-20-16(25-17)9-10-19-26(22,23)13-6-4-5-12(18)11-13/h2-8,11,19H,9-10H2,1H3. The summed E-state index contributed by atoms with van der Waals surface area (Å²) in [5.41, 5.74) is 0.674. The fraction of sp³-hybridized carbons (Fsp3) is 0.176. The van der Waals surface area contributed by atoms with Gasteiger partial charge in [-0.15, -0.1) is 10.2 Å².